The third-order valence-electron chi connectivity index (χ3n) is 5.99. The lowest BCUT2D eigenvalue weighted by Crippen LogP contribution is -2.43. The van der Waals surface area contributed by atoms with Gasteiger partial charge in [-0.15, -0.1) is 0 Å². The van der Waals surface area contributed by atoms with E-state index in [-0.39, 0.29) is 16.7 Å². The predicted molar refractivity (Wildman–Crippen MR) is 131 cm³/mol. The van der Waals surface area contributed by atoms with Crippen molar-refractivity contribution in [1.29, 1.82) is 0 Å². The van der Waals surface area contributed by atoms with Crippen molar-refractivity contribution in [2.45, 2.75) is 37.5 Å². The van der Waals surface area contributed by atoms with Crippen LogP contribution in [0.4, 0.5) is 5.69 Å². The first kappa shape index (κ1) is 25.1. The first-order valence-electron chi connectivity index (χ1n) is 11.6. The van der Waals surface area contributed by atoms with Crippen molar-refractivity contribution in [3.05, 3.63) is 54.1 Å². The van der Waals surface area contributed by atoms with Gasteiger partial charge < -0.3 is 15.0 Å². The molecule has 1 N–H and O–H groups in total. The fourth-order valence-electron chi connectivity index (χ4n) is 3.99. The van der Waals surface area contributed by atoms with E-state index in [1.807, 2.05) is 21.0 Å². The van der Waals surface area contributed by atoms with Crippen molar-refractivity contribution in [3.63, 3.8) is 0 Å². The summed E-state index contributed by atoms with van der Waals surface area (Å²) in [6.07, 6.45) is 2.85. The Morgan fingerprint density at radius 1 is 1.06 bits per heavy atom. The van der Waals surface area contributed by atoms with Crippen LogP contribution in [0.1, 0.15) is 31.7 Å². The molecule has 0 aliphatic carbocycles. The molecule has 0 spiro atoms. The summed E-state index contributed by atoms with van der Waals surface area (Å²) >= 11 is 0. The lowest BCUT2D eigenvalue weighted by atomic mass is 9.97. The van der Waals surface area contributed by atoms with Gasteiger partial charge in [0.25, 0.3) is 0 Å². The topological polar surface area (TPSA) is 79.0 Å². The van der Waals surface area contributed by atoms with E-state index >= 15 is 0 Å². The summed E-state index contributed by atoms with van der Waals surface area (Å²) in [6, 6.07) is 14.9. The average molecular weight is 474 g/mol. The van der Waals surface area contributed by atoms with Gasteiger partial charge in [0.1, 0.15) is 5.75 Å². The molecule has 1 aliphatic heterocycles. The van der Waals surface area contributed by atoms with E-state index < -0.39 is 10.0 Å². The normalized spacial score (nSPS) is 15.2. The number of nitrogens with one attached hydrogen (secondary N) is 1. The highest BCUT2D eigenvalue weighted by molar-refractivity contribution is 7.89. The Hall–Kier alpha value is -2.58. The van der Waals surface area contributed by atoms with E-state index in [9.17, 15) is 13.2 Å². The molecule has 33 heavy (non-hydrogen) atoms. The van der Waals surface area contributed by atoms with Crippen molar-refractivity contribution in [2.24, 2.45) is 5.92 Å². The number of anilines is 1. The van der Waals surface area contributed by atoms with Gasteiger partial charge in [0.15, 0.2) is 0 Å². The Bertz CT molecular complexity index is 997. The SMILES string of the molecule is CCOc1ccc(S(=O)(=O)N2CCC(C(=O)NCCCc3ccc(N(C)C)cc3)CC2)cc1. The van der Waals surface area contributed by atoms with Crippen LogP contribution in [0.2, 0.25) is 0 Å². The maximum Gasteiger partial charge on any atom is 0.243 e. The number of amides is 1. The highest BCUT2D eigenvalue weighted by atomic mass is 32.2. The van der Waals surface area contributed by atoms with E-state index in [4.69, 9.17) is 4.74 Å². The monoisotopic (exact) mass is 473 g/mol. The fraction of sp³-hybridized carbons (Fsp3) is 0.480. The minimum absolute atomic E-state index is 0.0241. The zero-order valence-corrected chi connectivity index (χ0v) is 20.6. The number of carbonyl (C=O) groups excluding carboxylic acids is 1. The summed E-state index contributed by atoms with van der Waals surface area (Å²) in [6.45, 7) is 3.75. The Balaban J connectivity index is 1.42. The molecule has 1 aliphatic rings. The summed E-state index contributed by atoms with van der Waals surface area (Å²) in [5.74, 6) is 0.532. The van der Waals surface area contributed by atoms with Gasteiger partial charge in [0, 0.05) is 45.3 Å². The van der Waals surface area contributed by atoms with Crippen LogP contribution in [-0.4, -0.2) is 59.0 Å². The van der Waals surface area contributed by atoms with Crippen LogP contribution in [0.3, 0.4) is 0 Å². The Kier molecular flexibility index (Phi) is 8.74. The second-order valence-corrected chi connectivity index (χ2v) is 10.5. The Morgan fingerprint density at radius 2 is 1.70 bits per heavy atom. The standard InChI is InChI=1S/C25H35N3O4S/c1-4-32-23-11-13-24(14-12-23)33(30,31)28-18-15-21(16-19-28)25(29)26-17-5-6-20-7-9-22(10-8-20)27(2)3/h7-14,21H,4-6,15-19H2,1-3H3,(H,26,29). The number of carbonyl (C=O) groups is 1. The summed E-state index contributed by atoms with van der Waals surface area (Å²) < 4.78 is 32.7. The number of nitrogens with zero attached hydrogens (tertiary/aromatic N) is 2. The molecule has 0 atom stereocenters. The van der Waals surface area contributed by atoms with Crippen LogP contribution in [0.25, 0.3) is 0 Å². The van der Waals surface area contributed by atoms with Crippen molar-refractivity contribution in [3.8, 4) is 5.75 Å². The molecular formula is C25H35N3O4S. The van der Waals surface area contributed by atoms with Crippen LogP contribution >= 0.6 is 0 Å². The van der Waals surface area contributed by atoms with Crippen molar-refractivity contribution in [1.82, 2.24) is 9.62 Å². The van der Waals surface area contributed by atoms with Crippen LogP contribution < -0.4 is 15.0 Å². The maximum atomic E-state index is 12.9. The molecule has 1 fully saturated rings. The molecule has 7 nitrogen and oxygen atoms in total. The number of hydrogen-bond acceptors (Lipinski definition) is 5. The van der Waals surface area contributed by atoms with Crippen molar-refractivity contribution in [2.75, 3.05) is 45.2 Å². The van der Waals surface area contributed by atoms with Gasteiger partial charge in [0.2, 0.25) is 15.9 Å². The lowest BCUT2D eigenvalue weighted by Gasteiger charge is -2.30. The van der Waals surface area contributed by atoms with Crippen molar-refractivity contribution < 1.29 is 17.9 Å². The van der Waals surface area contributed by atoms with Gasteiger partial charge in [-0.3, -0.25) is 4.79 Å². The molecule has 180 valence electrons. The molecule has 0 saturated carbocycles. The van der Waals surface area contributed by atoms with Crippen molar-refractivity contribution >= 4 is 21.6 Å². The second kappa shape index (κ2) is 11.5. The van der Waals surface area contributed by atoms with Gasteiger partial charge >= 0.3 is 0 Å². The molecule has 1 heterocycles. The van der Waals surface area contributed by atoms with Crippen LogP contribution in [0, 0.1) is 5.92 Å². The summed E-state index contributed by atoms with van der Waals surface area (Å²) in [5, 5.41) is 3.03. The molecule has 3 rings (SSSR count). The van der Waals surface area contributed by atoms with Gasteiger partial charge in [-0.2, -0.15) is 4.31 Å². The van der Waals surface area contributed by atoms with Crippen LogP contribution in [0.15, 0.2) is 53.4 Å². The Labute approximate surface area is 197 Å². The lowest BCUT2D eigenvalue weighted by molar-refractivity contribution is -0.126. The third-order valence-corrected chi connectivity index (χ3v) is 7.90. The maximum absolute atomic E-state index is 12.9. The number of benzene rings is 2. The molecule has 0 aromatic heterocycles. The number of hydrogen-bond donors (Lipinski definition) is 1. The van der Waals surface area contributed by atoms with Gasteiger partial charge in [-0.1, -0.05) is 12.1 Å². The smallest absolute Gasteiger partial charge is 0.243 e. The first-order valence-corrected chi connectivity index (χ1v) is 13.0. The zero-order valence-electron chi connectivity index (χ0n) is 19.8. The average Bonchev–Trinajstić information content (AvgIpc) is 2.82. The number of rotatable bonds is 10. The number of ether oxygens (including phenoxy) is 1. The largest absolute Gasteiger partial charge is 0.494 e. The highest BCUT2D eigenvalue weighted by Gasteiger charge is 2.32. The predicted octanol–water partition coefficient (Wildman–Crippen LogP) is 3.30. The van der Waals surface area contributed by atoms with E-state index in [1.165, 1.54) is 15.6 Å². The molecule has 1 amide bonds. The van der Waals surface area contributed by atoms with E-state index in [1.54, 1.807) is 24.3 Å². The van der Waals surface area contributed by atoms with Gasteiger partial charge in [-0.25, -0.2) is 8.42 Å². The number of sulfonamides is 1. The minimum atomic E-state index is -3.56. The third kappa shape index (κ3) is 6.71. The summed E-state index contributed by atoms with van der Waals surface area (Å²) in [4.78, 5) is 14.9. The Morgan fingerprint density at radius 3 is 2.27 bits per heavy atom. The van der Waals surface area contributed by atoms with Crippen LogP contribution in [-0.2, 0) is 21.2 Å². The number of aryl methyl sites for hydroxylation is 1. The molecule has 0 unspecified atom stereocenters. The quantitative estimate of drug-likeness (QED) is 0.536. The molecule has 1 saturated heterocycles. The molecule has 8 heteroatoms. The summed E-state index contributed by atoms with van der Waals surface area (Å²) in [7, 11) is 0.477. The molecule has 0 bridgehead atoms. The molecular weight excluding hydrogens is 438 g/mol. The first-order chi connectivity index (χ1) is 15.8. The van der Waals surface area contributed by atoms with Gasteiger partial charge in [-0.05, 0) is 74.6 Å². The fourth-order valence-corrected chi connectivity index (χ4v) is 5.46. The number of piperidine rings is 1. The van der Waals surface area contributed by atoms with E-state index in [0.29, 0.717) is 44.8 Å². The van der Waals surface area contributed by atoms with E-state index in [0.717, 1.165) is 12.8 Å². The van der Waals surface area contributed by atoms with E-state index in [2.05, 4.69) is 34.5 Å². The molecule has 2 aromatic rings. The second-order valence-electron chi connectivity index (χ2n) is 8.54. The molecule has 0 radical (unpaired) electrons. The van der Waals surface area contributed by atoms with Gasteiger partial charge in [0.05, 0.1) is 11.5 Å². The highest BCUT2D eigenvalue weighted by Crippen LogP contribution is 2.25. The summed E-state index contributed by atoms with van der Waals surface area (Å²) in [5.41, 5.74) is 2.42. The molecule has 2 aromatic carbocycles. The van der Waals surface area contributed by atoms with Crippen LogP contribution in [0.5, 0.6) is 5.75 Å². The zero-order chi connectivity index (χ0) is 23.8. The minimum Gasteiger partial charge on any atom is -0.494 e.